The van der Waals surface area contributed by atoms with Crippen molar-refractivity contribution in [1.82, 2.24) is 9.13 Å². The average molecular weight is 636 g/mol. The van der Waals surface area contributed by atoms with Crippen molar-refractivity contribution in [3.05, 3.63) is 174 Å². The Balaban J connectivity index is 1.22. The molecular formula is C45H25N5. The van der Waals surface area contributed by atoms with E-state index in [9.17, 15) is 10.5 Å². The van der Waals surface area contributed by atoms with Crippen molar-refractivity contribution in [2.75, 3.05) is 0 Å². The van der Waals surface area contributed by atoms with Crippen molar-refractivity contribution in [3.63, 3.8) is 0 Å². The Bertz CT molecular complexity index is 2970. The average Bonchev–Trinajstić information content (AvgIpc) is 3.70. The first kappa shape index (κ1) is 28.8. The smallest absolute Gasteiger partial charge is 0.189 e. The second kappa shape index (κ2) is 11.4. The lowest BCUT2D eigenvalue weighted by atomic mass is 9.97. The first-order valence-electron chi connectivity index (χ1n) is 16.3. The standard InChI is InChI=1S/C45H25N5/c1-48-34-20-21-36(44(26-34)50-40-16-4-2-14-37(40)39-23-29(27-46)19-22-42(39)50)32-11-6-9-30(24-32)31-10-7-13-35(25-31)49-41-17-5-3-15-38(41)45-33(28-47)12-8-18-43(45)49/h2-26H. The maximum absolute atomic E-state index is 9.94. The Kier molecular flexibility index (Phi) is 6.56. The fourth-order valence-corrected chi connectivity index (χ4v) is 7.40. The van der Waals surface area contributed by atoms with Gasteiger partial charge in [0.2, 0.25) is 0 Å². The molecule has 2 heterocycles. The van der Waals surface area contributed by atoms with Crippen LogP contribution >= 0.6 is 0 Å². The third kappa shape index (κ3) is 4.38. The zero-order valence-corrected chi connectivity index (χ0v) is 26.7. The maximum Gasteiger partial charge on any atom is 0.189 e. The van der Waals surface area contributed by atoms with Gasteiger partial charge in [-0.1, -0.05) is 84.9 Å². The number of hydrogen-bond donors (Lipinski definition) is 0. The molecule has 5 nitrogen and oxygen atoms in total. The van der Waals surface area contributed by atoms with Gasteiger partial charge >= 0.3 is 0 Å². The highest BCUT2D eigenvalue weighted by Gasteiger charge is 2.18. The summed E-state index contributed by atoms with van der Waals surface area (Å²) in [5.41, 5.74) is 11.9. The van der Waals surface area contributed by atoms with Gasteiger partial charge in [-0.05, 0) is 83.4 Å². The van der Waals surface area contributed by atoms with Gasteiger partial charge in [0.1, 0.15) is 0 Å². The summed E-state index contributed by atoms with van der Waals surface area (Å²) in [5, 5.41) is 23.7. The molecule has 230 valence electrons. The molecule has 0 N–H and O–H groups in total. The molecule has 7 aromatic carbocycles. The van der Waals surface area contributed by atoms with Crippen LogP contribution in [-0.2, 0) is 0 Å². The van der Waals surface area contributed by atoms with Crippen molar-refractivity contribution in [2.24, 2.45) is 0 Å². The summed E-state index contributed by atoms with van der Waals surface area (Å²) < 4.78 is 4.45. The molecule has 5 heteroatoms. The van der Waals surface area contributed by atoms with Gasteiger partial charge in [-0.3, -0.25) is 0 Å². The predicted octanol–water partition coefficient (Wildman–Crippen LogP) is 11.5. The van der Waals surface area contributed by atoms with E-state index in [1.54, 1.807) is 0 Å². The van der Waals surface area contributed by atoms with Gasteiger partial charge in [-0.2, -0.15) is 10.5 Å². The number of aromatic nitrogens is 2. The van der Waals surface area contributed by atoms with Gasteiger partial charge in [-0.25, -0.2) is 4.85 Å². The van der Waals surface area contributed by atoms with Crippen LogP contribution in [0.5, 0.6) is 0 Å². The zero-order valence-electron chi connectivity index (χ0n) is 26.7. The zero-order chi connectivity index (χ0) is 33.8. The molecule has 9 rings (SSSR count). The third-order valence-corrected chi connectivity index (χ3v) is 9.58. The van der Waals surface area contributed by atoms with E-state index < -0.39 is 0 Å². The summed E-state index contributed by atoms with van der Waals surface area (Å²) in [6.45, 7) is 7.83. The number of rotatable bonds is 4. The molecular weight excluding hydrogens is 611 g/mol. The number of hydrogen-bond acceptors (Lipinski definition) is 2. The molecule has 0 atom stereocenters. The fourth-order valence-electron chi connectivity index (χ4n) is 7.40. The number of nitrogens with zero attached hydrogens (tertiary/aromatic N) is 5. The molecule has 0 saturated carbocycles. The molecule has 0 aliphatic carbocycles. The van der Waals surface area contributed by atoms with Crippen molar-refractivity contribution in [1.29, 1.82) is 10.5 Å². The van der Waals surface area contributed by atoms with Crippen molar-refractivity contribution >= 4 is 49.3 Å². The Morgan fingerprint density at radius 1 is 0.500 bits per heavy atom. The van der Waals surface area contributed by atoms with E-state index in [1.165, 1.54) is 0 Å². The summed E-state index contributed by atoms with van der Waals surface area (Å²) in [7, 11) is 0. The Labute approximate surface area is 288 Å². The van der Waals surface area contributed by atoms with Crippen LogP contribution in [0, 0.1) is 29.2 Å². The van der Waals surface area contributed by atoms with E-state index in [0.717, 1.165) is 77.2 Å². The largest absolute Gasteiger partial charge is 0.310 e. The molecule has 0 unspecified atom stereocenters. The summed E-state index contributed by atoms with van der Waals surface area (Å²) in [6, 6.07) is 55.7. The molecule has 2 aromatic heterocycles. The first-order chi connectivity index (χ1) is 24.7. The molecule has 0 aliphatic heterocycles. The first-order valence-corrected chi connectivity index (χ1v) is 16.3. The normalized spacial score (nSPS) is 11.1. The van der Waals surface area contributed by atoms with E-state index in [4.69, 9.17) is 6.57 Å². The van der Waals surface area contributed by atoms with Crippen LogP contribution in [0.1, 0.15) is 11.1 Å². The van der Waals surface area contributed by atoms with Crippen LogP contribution < -0.4 is 0 Å². The lowest BCUT2D eigenvalue weighted by Crippen LogP contribution is -1.97. The molecule has 0 amide bonds. The number of nitriles is 2. The van der Waals surface area contributed by atoms with Gasteiger partial charge < -0.3 is 9.13 Å². The van der Waals surface area contributed by atoms with Crippen LogP contribution in [-0.4, -0.2) is 9.13 Å². The minimum Gasteiger partial charge on any atom is -0.310 e. The highest BCUT2D eigenvalue weighted by atomic mass is 15.0. The molecule has 0 fully saturated rings. The minimum absolute atomic E-state index is 0.554. The van der Waals surface area contributed by atoms with Crippen molar-refractivity contribution in [3.8, 4) is 45.8 Å². The Morgan fingerprint density at radius 3 is 1.98 bits per heavy atom. The van der Waals surface area contributed by atoms with E-state index in [2.05, 4.69) is 105 Å². The monoisotopic (exact) mass is 635 g/mol. The van der Waals surface area contributed by atoms with Crippen LogP contribution in [0.15, 0.2) is 152 Å². The lowest BCUT2D eigenvalue weighted by Gasteiger charge is -2.16. The quantitative estimate of drug-likeness (QED) is 0.181. The second-order valence-electron chi connectivity index (χ2n) is 12.3. The highest BCUT2D eigenvalue weighted by molar-refractivity contribution is 6.12. The Morgan fingerprint density at radius 2 is 1.18 bits per heavy atom. The molecule has 0 bridgehead atoms. The number of fused-ring (bicyclic) bond motifs is 6. The van der Waals surface area contributed by atoms with E-state index in [1.807, 2.05) is 72.8 Å². The molecule has 9 aromatic rings. The van der Waals surface area contributed by atoms with E-state index in [0.29, 0.717) is 16.8 Å². The summed E-state index contributed by atoms with van der Waals surface area (Å²) in [6.07, 6.45) is 0. The summed E-state index contributed by atoms with van der Waals surface area (Å²) in [4.78, 5) is 3.79. The van der Waals surface area contributed by atoms with Crippen LogP contribution in [0.2, 0.25) is 0 Å². The SMILES string of the molecule is [C-]#[N+]c1ccc(-c2cccc(-c3cccc(-n4c5ccccc5c5c(C#N)cccc54)c3)c2)c(-n2c3ccccc3c3cc(C#N)ccc32)c1. The minimum atomic E-state index is 0.554. The van der Waals surface area contributed by atoms with E-state index in [-0.39, 0.29) is 0 Å². The second-order valence-corrected chi connectivity index (χ2v) is 12.3. The maximum atomic E-state index is 9.94. The molecule has 50 heavy (non-hydrogen) atoms. The van der Waals surface area contributed by atoms with E-state index >= 15 is 0 Å². The molecule has 0 radical (unpaired) electrons. The van der Waals surface area contributed by atoms with Gasteiger partial charge in [0, 0.05) is 38.5 Å². The van der Waals surface area contributed by atoms with Gasteiger partial charge in [0.05, 0.1) is 51.9 Å². The van der Waals surface area contributed by atoms with Crippen LogP contribution in [0.4, 0.5) is 5.69 Å². The predicted molar refractivity (Wildman–Crippen MR) is 202 cm³/mol. The van der Waals surface area contributed by atoms with Gasteiger partial charge in [0.25, 0.3) is 0 Å². The summed E-state index contributed by atoms with van der Waals surface area (Å²) in [5.74, 6) is 0. The lowest BCUT2D eigenvalue weighted by molar-refractivity contribution is 1.18. The topological polar surface area (TPSA) is 61.8 Å². The van der Waals surface area contributed by atoms with Crippen molar-refractivity contribution < 1.29 is 0 Å². The van der Waals surface area contributed by atoms with Crippen molar-refractivity contribution in [2.45, 2.75) is 0 Å². The van der Waals surface area contributed by atoms with Crippen LogP contribution in [0.3, 0.4) is 0 Å². The molecule has 0 spiro atoms. The fraction of sp³-hybridized carbons (Fsp3) is 0. The highest BCUT2D eigenvalue weighted by Crippen LogP contribution is 2.40. The number of benzene rings is 7. The van der Waals surface area contributed by atoms with Gasteiger partial charge in [0.15, 0.2) is 5.69 Å². The number of para-hydroxylation sites is 2. The molecule has 0 saturated heterocycles. The van der Waals surface area contributed by atoms with Crippen LogP contribution in [0.25, 0.3) is 82.1 Å². The Hall–Kier alpha value is -7.39. The third-order valence-electron chi connectivity index (χ3n) is 9.58. The molecule has 0 aliphatic rings. The van der Waals surface area contributed by atoms with Gasteiger partial charge in [-0.15, -0.1) is 0 Å². The summed E-state index contributed by atoms with van der Waals surface area (Å²) >= 11 is 0.